The van der Waals surface area contributed by atoms with E-state index < -0.39 is 0 Å². The number of hydrogen-bond acceptors (Lipinski definition) is 2. The zero-order valence-corrected chi connectivity index (χ0v) is 12.3. The van der Waals surface area contributed by atoms with Crippen molar-refractivity contribution in [1.29, 1.82) is 0 Å². The third-order valence-electron chi connectivity index (χ3n) is 3.77. The average molecular weight is 268 g/mol. The zero-order chi connectivity index (χ0) is 14.4. The summed E-state index contributed by atoms with van der Waals surface area (Å²) in [6.45, 7) is 4.42. The molecule has 0 bridgehead atoms. The van der Waals surface area contributed by atoms with Gasteiger partial charge in [-0.1, -0.05) is 68.4 Å². The summed E-state index contributed by atoms with van der Waals surface area (Å²) in [4.78, 5) is 0. The van der Waals surface area contributed by atoms with Crippen molar-refractivity contribution < 1.29 is 0 Å². The highest BCUT2D eigenvalue weighted by Crippen LogP contribution is 2.21. The standard InChI is InChI=1S/C18H24N2/c1-14(2)16-9-11-17(12-10-16)18(20-19)13-8-15-6-4-3-5-7-15/h3-7,9-12,14,18,20H,8,13,19H2,1-2H3. The van der Waals surface area contributed by atoms with Gasteiger partial charge in [0, 0.05) is 6.04 Å². The van der Waals surface area contributed by atoms with E-state index in [0.717, 1.165) is 12.8 Å². The van der Waals surface area contributed by atoms with E-state index in [-0.39, 0.29) is 6.04 Å². The normalized spacial score (nSPS) is 12.6. The van der Waals surface area contributed by atoms with Crippen LogP contribution in [-0.2, 0) is 6.42 Å². The van der Waals surface area contributed by atoms with Crippen LogP contribution in [0.5, 0.6) is 0 Å². The molecule has 0 heterocycles. The minimum Gasteiger partial charge on any atom is -0.271 e. The maximum atomic E-state index is 5.72. The zero-order valence-electron chi connectivity index (χ0n) is 12.3. The molecule has 0 aromatic heterocycles. The maximum absolute atomic E-state index is 5.72. The molecule has 20 heavy (non-hydrogen) atoms. The fraction of sp³-hybridized carbons (Fsp3) is 0.333. The molecule has 0 aliphatic carbocycles. The summed E-state index contributed by atoms with van der Waals surface area (Å²) in [7, 11) is 0. The van der Waals surface area contributed by atoms with E-state index in [1.165, 1.54) is 16.7 Å². The molecule has 0 aliphatic rings. The predicted octanol–water partition coefficient (Wildman–Crippen LogP) is 3.95. The van der Waals surface area contributed by atoms with Crippen molar-refractivity contribution in [1.82, 2.24) is 5.43 Å². The first-order chi connectivity index (χ1) is 9.70. The lowest BCUT2D eigenvalue weighted by atomic mass is 9.96. The minimum atomic E-state index is 0.205. The molecule has 0 saturated carbocycles. The Morgan fingerprint density at radius 2 is 1.50 bits per heavy atom. The lowest BCUT2D eigenvalue weighted by Crippen LogP contribution is -2.28. The molecule has 2 aromatic carbocycles. The molecule has 0 amide bonds. The fourth-order valence-electron chi connectivity index (χ4n) is 2.42. The van der Waals surface area contributed by atoms with Crippen LogP contribution in [-0.4, -0.2) is 0 Å². The first-order valence-corrected chi connectivity index (χ1v) is 7.30. The number of nitrogens with two attached hydrogens (primary N) is 1. The number of hydrogen-bond donors (Lipinski definition) is 2. The number of hydrazine groups is 1. The summed E-state index contributed by atoms with van der Waals surface area (Å²) in [5.41, 5.74) is 6.92. The molecular formula is C18H24N2. The molecule has 0 aliphatic heterocycles. The number of rotatable bonds is 6. The quantitative estimate of drug-likeness (QED) is 0.615. The van der Waals surface area contributed by atoms with Gasteiger partial charge in [-0.2, -0.15) is 0 Å². The fourth-order valence-corrected chi connectivity index (χ4v) is 2.42. The highest BCUT2D eigenvalue weighted by atomic mass is 15.2. The Morgan fingerprint density at radius 1 is 0.900 bits per heavy atom. The van der Waals surface area contributed by atoms with Gasteiger partial charge in [0.25, 0.3) is 0 Å². The van der Waals surface area contributed by atoms with Gasteiger partial charge < -0.3 is 0 Å². The smallest absolute Gasteiger partial charge is 0.0463 e. The first kappa shape index (κ1) is 14.8. The van der Waals surface area contributed by atoms with Gasteiger partial charge in [-0.3, -0.25) is 11.3 Å². The van der Waals surface area contributed by atoms with Crippen LogP contribution in [0, 0.1) is 0 Å². The van der Waals surface area contributed by atoms with Gasteiger partial charge in [-0.25, -0.2) is 0 Å². The summed E-state index contributed by atoms with van der Waals surface area (Å²) in [6, 6.07) is 19.5. The second-order valence-corrected chi connectivity index (χ2v) is 5.56. The van der Waals surface area contributed by atoms with Crippen molar-refractivity contribution in [2.24, 2.45) is 5.84 Å². The molecule has 2 aromatic rings. The first-order valence-electron chi connectivity index (χ1n) is 7.30. The van der Waals surface area contributed by atoms with Crippen molar-refractivity contribution in [3.63, 3.8) is 0 Å². The Morgan fingerprint density at radius 3 is 2.05 bits per heavy atom. The molecule has 2 nitrogen and oxygen atoms in total. The number of aryl methyl sites for hydroxylation is 1. The minimum absolute atomic E-state index is 0.205. The molecule has 1 unspecified atom stereocenters. The van der Waals surface area contributed by atoms with Crippen LogP contribution < -0.4 is 11.3 Å². The second kappa shape index (κ2) is 7.22. The van der Waals surface area contributed by atoms with Crippen molar-refractivity contribution in [2.45, 2.75) is 38.6 Å². The second-order valence-electron chi connectivity index (χ2n) is 5.56. The van der Waals surface area contributed by atoms with Crippen LogP contribution in [0.1, 0.15) is 48.9 Å². The summed E-state index contributed by atoms with van der Waals surface area (Å²) < 4.78 is 0. The molecular weight excluding hydrogens is 244 g/mol. The molecule has 2 rings (SSSR count). The van der Waals surface area contributed by atoms with E-state index in [1.807, 2.05) is 6.07 Å². The number of nitrogens with one attached hydrogen (secondary N) is 1. The van der Waals surface area contributed by atoms with Crippen molar-refractivity contribution in [2.75, 3.05) is 0 Å². The Balaban J connectivity index is 2.01. The molecule has 2 heteroatoms. The van der Waals surface area contributed by atoms with E-state index in [2.05, 4.69) is 67.8 Å². The van der Waals surface area contributed by atoms with Crippen LogP contribution in [0.15, 0.2) is 54.6 Å². The van der Waals surface area contributed by atoms with E-state index in [4.69, 9.17) is 5.84 Å². The van der Waals surface area contributed by atoms with Gasteiger partial charge in [0.2, 0.25) is 0 Å². The Hall–Kier alpha value is -1.64. The molecule has 0 fully saturated rings. The predicted molar refractivity (Wildman–Crippen MR) is 85.4 cm³/mol. The Kier molecular flexibility index (Phi) is 5.33. The van der Waals surface area contributed by atoms with Crippen LogP contribution in [0.2, 0.25) is 0 Å². The maximum Gasteiger partial charge on any atom is 0.0463 e. The summed E-state index contributed by atoms with van der Waals surface area (Å²) in [5, 5.41) is 0. The van der Waals surface area contributed by atoms with Gasteiger partial charge in [0.1, 0.15) is 0 Å². The van der Waals surface area contributed by atoms with Crippen molar-refractivity contribution in [3.8, 4) is 0 Å². The Labute approximate surface area is 122 Å². The molecule has 1 atom stereocenters. The van der Waals surface area contributed by atoms with Crippen molar-refractivity contribution in [3.05, 3.63) is 71.3 Å². The van der Waals surface area contributed by atoms with E-state index in [0.29, 0.717) is 5.92 Å². The average Bonchev–Trinajstić information content (AvgIpc) is 2.49. The highest BCUT2D eigenvalue weighted by molar-refractivity contribution is 5.27. The highest BCUT2D eigenvalue weighted by Gasteiger charge is 2.10. The summed E-state index contributed by atoms with van der Waals surface area (Å²) in [5.74, 6) is 6.28. The SMILES string of the molecule is CC(C)c1ccc(C(CCc2ccccc2)NN)cc1. The number of benzene rings is 2. The van der Waals surface area contributed by atoms with Gasteiger partial charge in [0.05, 0.1) is 0 Å². The third kappa shape index (κ3) is 3.92. The molecule has 0 spiro atoms. The summed E-state index contributed by atoms with van der Waals surface area (Å²) >= 11 is 0. The largest absolute Gasteiger partial charge is 0.271 e. The third-order valence-corrected chi connectivity index (χ3v) is 3.77. The van der Waals surface area contributed by atoms with Crippen LogP contribution in [0.3, 0.4) is 0 Å². The molecule has 3 N–H and O–H groups in total. The van der Waals surface area contributed by atoms with Gasteiger partial charge in [-0.05, 0) is 35.4 Å². The van der Waals surface area contributed by atoms with Crippen LogP contribution in [0.25, 0.3) is 0 Å². The van der Waals surface area contributed by atoms with Crippen LogP contribution in [0.4, 0.5) is 0 Å². The monoisotopic (exact) mass is 268 g/mol. The molecule has 0 saturated heterocycles. The van der Waals surface area contributed by atoms with E-state index >= 15 is 0 Å². The molecule has 0 radical (unpaired) electrons. The van der Waals surface area contributed by atoms with Crippen molar-refractivity contribution >= 4 is 0 Å². The summed E-state index contributed by atoms with van der Waals surface area (Å²) in [6.07, 6.45) is 2.03. The topological polar surface area (TPSA) is 38.0 Å². The van der Waals surface area contributed by atoms with Gasteiger partial charge >= 0.3 is 0 Å². The van der Waals surface area contributed by atoms with E-state index in [1.54, 1.807) is 0 Å². The van der Waals surface area contributed by atoms with Gasteiger partial charge in [-0.15, -0.1) is 0 Å². The lowest BCUT2D eigenvalue weighted by molar-refractivity contribution is 0.516. The Bertz CT molecular complexity index is 503. The lowest BCUT2D eigenvalue weighted by Gasteiger charge is -2.17. The molecule has 106 valence electrons. The van der Waals surface area contributed by atoms with Gasteiger partial charge in [0.15, 0.2) is 0 Å². The van der Waals surface area contributed by atoms with E-state index in [9.17, 15) is 0 Å². The van der Waals surface area contributed by atoms with Crippen LogP contribution >= 0.6 is 0 Å².